The number of aromatic nitrogens is 1. The number of nitrogens with zero attached hydrogens (tertiary/aromatic N) is 2. The molecule has 0 fully saturated rings. The highest BCUT2D eigenvalue weighted by Crippen LogP contribution is 2.16. The van der Waals surface area contributed by atoms with E-state index >= 15 is 0 Å². The first-order valence-corrected chi connectivity index (χ1v) is 7.48. The van der Waals surface area contributed by atoms with E-state index in [1.807, 2.05) is 32.0 Å². The maximum Gasteiger partial charge on any atom is 0.191 e. The zero-order valence-corrected chi connectivity index (χ0v) is 16.5. The van der Waals surface area contributed by atoms with E-state index in [1.165, 1.54) is 0 Å². The van der Waals surface area contributed by atoms with Gasteiger partial charge in [0.2, 0.25) is 0 Å². The standard InChI is InChI=1S/C16H24N4O2.HI/c1-10(2)14-8-13(22-20-14)9-18-16(17-5)19-12(4)15-7-6-11(3)21-15;/h6-8,10,12H,9H2,1-5H3,(H2,17,18,19);1H. The molecule has 1 unspecified atom stereocenters. The van der Waals surface area contributed by atoms with Crippen molar-refractivity contribution in [1.82, 2.24) is 15.8 Å². The molecule has 0 aliphatic rings. The van der Waals surface area contributed by atoms with Gasteiger partial charge in [-0.2, -0.15) is 0 Å². The monoisotopic (exact) mass is 432 g/mol. The molecule has 0 saturated heterocycles. The van der Waals surface area contributed by atoms with Crippen LogP contribution in [0, 0.1) is 6.92 Å². The van der Waals surface area contributed by atoms with E-state index in [-0.39, 0.29) is 30.0 Å². The lowest BCUT2D eigenvalue weighted by atomic mass is 10.1. The fraction of sp³-hybridized carbons (Fsp3) is 0.500. The number of aliphatic imine (C=N–C) groups is 1. The Balaban J connectivity index is 0.00000264. The van der Waals surface area contributed by atoms with Crippen molar-refractivity contribution in [2.75, 3.05) is 7.05 Å². The Kier molecular flexibility index (Phi) is 7.60. The summed E-state index contributed by atoms with van der Waals surface area (Å²) in [5, 5.41) is 10.5. The van der Waals surface area contributed by atoms with Gasteiger partial charge in [-0.1, -0.05) is 19.0 Å². The van der Waals surface area contributed by atoms with Crippen molar-refractivity contribution in [3.63, 3.8) is 0 Å². The highest BCUT2D eigenvalue weighted by Gasteiger charge is 2.12. The van der Waals surface area contributed by atoms with Crippen molar-refractivity contribution in [1.29, 1.82) is 0 Å². The normalized spacial score (nSPS) is 12.9. The van der Waals surface area contributed by atoms with Crippen LogP contribution in [-0.2, 0) is 6.54 Å². The molecular weight excluding hydrogens is 407 g/mol. The van der Waals surface area contributed by atoms with Crippen LogP contribution < -0.4 is 10.6 Å². The van der Waals surface area contributed by atoms with Crippen LogP contribution in [0.1, 0.15) is 55.7 Å². The molecule has 2 heterocycles. The van der Waals surface area contributed by atoms with Gasteiger partial charge in [0.15, 0.2) is 11.7 Å². The fourth-order valence-electron chi connectivity index (χ4n) is 2.01. The Bertz CT molecular complexity index is 634. The zero-order chi connectivity index (χ0) is 16.1. The molecule has 0 amide bonds. The van der Waals surface area contributed by atoms with Crippen molar-refractivity contribution in [3.05, 3.63) is 41.2 Å². The summed E-state index contributed by atoms with van der Waals surface area (Å²) in [7, 11) is 1.73. The summed E-state index contributed by atoms with van der Waals surface area (Å²) in [6, 6.07) is 5.91. The minimum Gasteiger partial charge on any atom is -0.464 e. The van der Waals surface area contributed by atoms with E-state index in [9.17, 15) is 0 Å². The molecule has 0 spiro atoms. The molecule has 7 heteroatoms. The van der Waals surface area contributed by atoms with Crippen LogP contribution in [0.5, 0.6) is 0 Å². The van der Waals surface area contributed by atoms with Gasteiger partial charge < -0.3 is 19.6 Å². The third kappa shape index (κ3) is 5.56. The third-order valence-electron chi connectivity index (χ3n) is 3.36. The number of guanidine groups is 1. The summed E-state index contributed by atoms with van der Waals surface area (Å²) >= 11 is 0. The smallest absolute Gasteiger partial charge is 0.191 e. The summed E-state index contributed by atoms with van der Waals surface area (Å²) in [6.07, 6.45) is 0. The van der Waals surface area contributed by atoms with E-state index in [2.05, 4.69) is 34.6 Å². The number of hydrogen-bond donors (Lipinski definition) is 2. The average Bonchev–Trinajstić information content (AvgIpc) is 3.12. The van der Waals surface area contributed by atoms with E-state index in [0.717, 1.165) is 23.0 Å². The highest BCUT2D eigenvalue weighted by atomic mass is 127. The number of nitrogens with one attached hydrogen (secondary N) is 2. The van der Waals surface area contributed by atoms with Gasteiger partial charge in [-0.25, -0.2) is 0 Å². The number of hydrogen-bond acceptors (Lipinski definition) is 4. The molecule has 2 rings (SSSR count). The molecule has 0 aliphatic heterocycles. The predicted octanol–water partition coefficient (Wildman–Crippen LogP) is 3.74. The lowest BCUT2D eigenvalue weighted by Gasteiger charge is -2.15. The van der Waals surface area contributed by atoms with Gasteiger partial charge in [-0.15, -0.1) is 24.0 Å². The predicted molar refractivity (Wildman–Crippen MR) is 101 cm³/mol. The molecule has 2 N–H and O–H groups in total. The van der Waals surface area contributed by atoms with Crippen LogP contribution in [0.25, 0.3) is 0 Å². The third-order valence-corrected chi connectivity index (χ3v) is 3.36. The zero-order valence-electron chi connectivity index (χ0n) is 14.2. The van der Waals surface area contributed by atoms with E-state index < -0.39 is 0 Å². The first kappa shape index (κ1) is 19.5. The molecule has 0 aliphatic carbocycles. The molecule has 1 atom stereocenters. The van der Waals surface area contributed by atoms with Crippen molar-refractivity contribution >= 4 is 29.9 Å². The van der Waals surface area contributed by atoms with Crippen molar-refractivity contribution in [2.45, 2.75) is 46.2 Å². The summed E-state index contributed by atoms with van der Waals surface area (Å²) in [4.78, 5) is 4.21. The van der Waals surface area contributed by atoms with Gasteiger partial charge in [0, 0.05) is 13.1 Å². The quantitative estimate of drug-likeness (QED) is 0.428. The maximum absolute atomic E-state index is 5.61. The number of aryl methyl sites for hydroxylation is 1. The Morgan fingerprint density at radius 2 is 2.04 bits per heavy atom. The SMILES string of the molecule is CN=C(NCc1cc(C(C)C)no1)NC(C)c1ccc(C)o1.I. The molecule has 6 nitrogen and oxygen atoms in total. The molecule has 2 aromatic heterocycles. The van der Waals surface area contributed by atoms with Crippen LogP contribution in [0.2, 0.25) is 0 Å². The lowest BCUT2D eigenvalue weighted by molar-refractivity contribution is 0.371. The first-order chi connectivity index (χ1) is 10.5. The van der Waals surface area contributed by atoms with Crippen molar-refractivity contribution in [2.24, 2.45) is 4.99 Å². The van der Waals surface area contributed by atoms with Gasteiger partial charge in [0.05, 0.1) is 18.3 Å². The molecule has 2 aromatic rings. The van der Waals surface area contributed by atoms with Gasteiger partial charge in [0.1, 0.15) is 11.5 Å². The van der Waals surface area contributed by atoms with Crippen LogP contribution in [-0.4, -0.2) is 18.2 Å². The summed E-state index contributed by atoms with van der Waals surface area (Å²) in [6.45, 7) is 8.66. The number of halogens is 1. The largest absolute Gasteiger partial charge is 0.464 e. The maximum atomic E-state index is 5.61. The minimum absolute atomic E-state index is 0. The summed E-state index contributed by atoms with van der Waals surface area (Å²) in [5.74, 6) is 3.60. The summed E-state index contributed by atoms with van der Waals surface area (Å²) in [5.41, 5.74) is 0.958. The second kappa shape index (κ2) is 8.95. The van der Waals surface area contributed by atoms with E-state index in [0.29, 0.717) is 18.4 Å². The van der Waals surface area contributed by atoms with Gasteiger partial charge >= 0.3 is 0 Å². The number of rotatable bonds is 5. The van der Waals surface area contributed by atoms with Crippen molar-refractivity contribution < 1.29 is 8.94 Å². The molecule has 0 radical (unpaired) electrons. The van der Waals surface area contributed by atoms with Crippen LogP contribution in [0.15, 0.2) is 32.1 Å². The van der Waals surface area contributed by atoms with Crippen LogP contribution in [0.3, 0.4) is 0 Å². The molecular formula is C16H25IN4O2. The lowest BCUT2D eigenvalue weighted by Crippen LogP contribution is -2.38. The summed E-state index contributed by atoms with van der Waals surface area (Å²) < 4.78 is 10.9. The molecule has 128 valence electrons. The van der Waals surface area contributed by atoms with E-state index in [4.69, 9.17) is 8.94 Å². The molecule has 0 saturated carbocycles. The minimum atomic E-state index is 0. The molecule has 0 bridgehead atoms. The van der Waals surface area contributed by atoms with Gasteiger partial charge in [-0.3, -0.25) is 4.99 Å². The second-order valence-electron chi connectivity index (χ2n) is 5.61. The van der Waals surface area contributed by atoms with Crippen LogP contribution >= 0.6 is 24.0 Å². The fourth-order valence-corrected chi connectivity index (χ4v) is 2.01. The Labute approximate surface area is 154 Å². The van der Waals surface area contributed by atoms with Crippen molar-refractivity contribution in [3.8, 4) is 0 Å². The first-order valence-electron chi connectivity index (χ1n) is 7.48. The molecule has 23 heavy (non-hydrogen) atoms. The average molecular weight is 432 g/mol. The highest BCUT2D eigenvalue weighted by molar-refractivity contribution is 14.0. The Hall–Kier alpha value is -1.51. The second-order valence-corrected chi connectivity index (χ2v) is 5.61. The topological polar surface area (TPSA) is 75.6 Å². The van der Waals surface area contributed by atoms with Gasteiger partial charge in [-0.05, 0) is 31.9 Å². The molecule has 0 aromatic carbocycles. The van der Waals surface area contributed by atoms with Gasteiger partial charge in [0.25, 0.3) is 0 Å². The Morgan fingerprint density at radius 3 is 2.57 bits per heavy atom. The van der Waals surface area contributed by atoms with Crippen LogP contribution in [0.4, 0.5) is 0 Å². The Morgan fingerprint density at radius 1 is 1.30 bits per heavy atom. The van der Waals surface area contributed by atoms with E-state index in [1.54, 1.807) is 7.05 Å². The number of furan rings is 1.